The molecule has 0 aliphatic rings. The van der Waals surface area contributed by atoms with Gasteiger partial charge in [0.25, 0.3) is 0 Å². The average Bonchev–Trinajstić information content (AvgIpc) is 2.37. The molecule has 0 spiro atoms. The fourth-order valence-corrected chi connectivity index (χ4v) is 2.58. The molecule has 2 N–H and O–H groups in total. The van der Waals surface area contributed by atoms with Crippen LogP contribution < -0.4 is 5.73 Å². The van der Waals surface area contributed by atoms with Crippen LogP contribution in [0.4, 0.5) is 0 Å². The van der Waals surface area contributed by atoms with E-state index in [2.05, 4.69) is 38.1 Å². The second-order valence-electron chi connectivity index (χ2n) is 5.00. The molecular formula is C16H17Cl2N. The van der Waals surface area contributed by atoms with E-state index in [4.69, 9.17) is 28.9 Å². The van der Waals surface area contributed by atoms with Crippen LogP contribution in [0.1, 0.15) is 42.5 Å². The summed E-state index contributed by atoms with van der Waals surface area (Å²) in [6.45, 7) is 4.34. The number of hydrogen-bond donors (Lipinski definition) is 1. The van der Waals surface area contributed by atoms with Gasteiger partial charge in [-0.25, -0.2) is 0 Å². The molecule has 1 nitrogen and oxygen atoms in total. The van der Waals surface area contributed by atoms with Crippen LogP contribution in [0.25, 0.3) is 0 Å². The van der Waals surface area contributed by atoms with Gasteiger partial charge in [-0.15, -0.1) is 0 Å². The summed E-state index contributed by atoms with van der Waals surface area (Å²) in [5.41, 5.74) is 9.55. The Balaban J connectivity index is 2.30. The van der Waals surface area contributed by atoms with Crippen molar-refractivity contribution in [3.8, 4) is 0 Å². The van der Waals surface area contributed by atoms with E-state index in [1.165, 1.54) is 5.56 Å². The predicted octanol–water partition coefficient (Wildman–Crippen LogP) is 5.16. The van der Waals surface area contributed by atoms with Crippen LogP contribution in [0.2, 0.25) is 10.0 Å². The first-order valence-corrected chi connectivity index (χ1v) is 7.04. The fraction of sp³-hybridized carbons (Fsp3) is 0.250. The molecule has 0 aliphatic heterocycles. The van der Waals surface area contributed by atoms with Crippen LogP contribution in [-0.2, 0) is 0 Å². The van der Waals surface area contributed by atoms with Crippen LogP contribution in [0.5, 0.6) is 0 Å². The van der Waals surface area contributed by atoms with Crippen LogP contribution in [0.3, 0.4) is 0 Å². The molecule has 0 aliphatic carbocycles. The van der Waals surface area contributed by atoms with Gasteiger partial charge in [-0.3, -0.25) is 0 Å². The first-order valence-electron chi connectivity index (χ1n) is 6.29. The quantitative estimate of drug-likeness (QED) is 0.830. The highest BCUT2D eigenvalue weighted by molar-refractivity contribution is 6.34. The molecule has 0 amide bonds. The molecule has 19 heavy (non-hydrogen) atoms. The van der Waals surface area contributed by atoms with Gasteiger partial charge in [0.1, 0.15) is 0 Å². The van der Waals surface area contributed by atoms with Crippen molar-refractivity contribution in [2.75, 3.05) is 0 Å². The molecule has 2 aromatic carbocycles. The molecule has 0 heterocycles. The summed E-state index contributed by atoms with van der Waals surface area (Å²) in [6, 6.07) is 13.6. The van der Waals surface area contributed by atoms with Gasteiger partial charge in [0.05, 0.1) is 6.04 Å². The minimum Gasteiger partial charge on any atom is -0.320 e. The Labute approximate surface area is 124 Å². The van der Waals surface area contributed by atoms with Gasteiger partial charge >= 0.3 is 0 Å². The smallest absolute Gasteiger partial charge is 0.0552 e. The van der Waals surface area contributed by atoms with Crippen molar-refractivity contribution in [3.63, 3.8) is 0 Å². The predicted molar refractivity (Wildman–Crippen MR) is 83.0 cm³/mol. The SMILES string of the molecule is CC(C)c1ccc(C(N)c2cc(Cl)cc(Cl)c2)cc1. The van der Waals surface area contributed by atoms with Crippen molar-refractivity contribution < 1.29 is 0 Å². The Morgan fingerprint density at radius 3 is 1.74 bits per heavy atom. The number of halogens is 2. The lowest BCUT2D eigenvalue weighted by atomic mass is 9.96. The first-order chi connectivity index (χ1) is 8.97. The number of benzene rings is 2. The summed E-state index contributed by atoms with van der Waals surface area (Å²) >= 11 is 12.0. The maximum Gasteiger partial charge on any atom is 0.0552 e. The second-order valence-corrected chi connectivity index (χ2v) is 5.87. The van der Waals surface area contributed by atoms with Crippen molar-refractivity contribution in [2.45, 2.75) is 25.8 Å². The van der Waals surface area contributed by atoms with Crippen molar-refractivity contribution in [2.24, 2.45) is 5.73 Å². The Morgan fingerprint density at radius 1 is 0.789 bits per heavy atom. The molecule has 1 atom stereocenters. The Morgan fingerprint density at radius 2 is 1.26 bits per heavy atom. The van der Waals surface area contributed by atoms with Gasteiger partial charge in [0.15, 0.2) is 0 Å². The standard InChI is InChI=1S/C16H17Cl2N/c1-10(2)11-3-5-12(6-4-11)16(19)13-7-14(17)9-15(18)8-13/h3-10,16H,19H2,1-2H3. The van der Waals surface area contributed by atoms with Crippen molar-refractivity contribution in [3.05, 3.63) is 69.2 Å². The maximum atomic E-state index is 6.26. The van der Waals surface area contributed by atoms with Crippen LogP contribution in [0, 0.1) is 0 Å². The lowest BCUT2D eigenvalue weighted by Crippen LogP contribution is -2.11. The second kappa shape index (κ2) is 5.96. The van der Waals surface area contributed by atoms with Gasteiger partial charge < -0.3 is 5.73 Å². The summed E-state index contributed by atoms with van der Waals surface area (Å²) in [4.78, 5) is 0. The molecule has 2 rings (SSSR count). The normalized spacial score (nSPS) is 12.7. The molecule has 0 bridgehead atoms. The van der Waals surface area contributed by atoms with Crippen LogP contribution >= 0.6 is 23.2 Å². The van der Waals surface area contributed by atoms with E-state index in [0.29, 0.717) is 16.0 Å². The Hall–Kier alpha value is -1.02. The van der Waals surface area contributed by atoms with E-state index in [1.807, 2.05) is 12.1 Å². The third-order valence-electron chi connectivity index (χ3n) is 3.21. The Bertz CT molecular complexity index is 541. The van der Waals surface area contributed by atoms with Crippen LogP contribution in [-0.4, -0.2) is 0 Å². The zero-order valence-electron chi connectivity index (χ0n) is 11.0. The lowest BCUT2D eigenvalue weighted by Gasteiger charge is -2.15. The summed E-state index contributed by atoms with van der Waals surface area (Å²) in [6.07, 6.45) is 0. The molecule has 0 fully saturated rings. The molecule has 0 saturated carbocycles. The summed E-state index contributed by atoms with van der Waals surface area (Å²) in [5, 5.41) is 1.22. The average molecular weight is 294 g/mol. The van der Waals surface area contributed by atoms with E-state index in [1.54, 1.807) is 6.07 Å². The molecule has 100 valence electrons. The van der Waals surface area contributed by atoms with Gasteiger partial charge in [-0.05, 0) is 40.8 Å². The molecular weight excluding hydrogens is 277 g/mol. The van der Waals surface area contributed by atoms with Gasteiger partial charge in [-0.1, -0.05) is 61.3 Å². The number of hydrogen-bond acceptors (Lipinski definition) is 1. The minimum absolute atomic E-state index is 0.211. The first kappa shape index (κ1) is 14.4. The zero-order valence-corrected chi connectivity index (χ0v) is 12.5. The Kier molecular flexibility index (Phi) is 4.51. The van der Waals surface area contributed by atoms with E-state index in [-0.39, 0.29) is 6.04 Å². The van der Waals surface area contributed by atoms with E-state index >= 15 is 0 Å². The number of rotatable bonds is 3. The number of nitrogens with two attached hydrogens (primary N) is 1. The molecule has 2 aromatic rings. The highest BCUT2D eigenvalue weighted by atomic mass is 35.5. The van der Waals surface area contributed by atoms with Crippen molar-refractivity contribution in [1.29, 1.82) is 0 Å². The van der Waals surface area contributed by atoms with Crippen molar-refractivity contribution in [1.82, 2.24) is 0 Å². The zero-order chi connectivity index (χ0) is 14.0. The minimum atomic E-state index is -0.211. The maximum absolute atomic E-state index is 6.26. The monoisotopic (exact) mass is 293 g/mol. The topological polar surface area (TPSA) is 26.0 Å². The van der Waals surface area contributed by atoms with Crippen LogP contribution in [0.15, 0.2) is 42.5 Å². The molecule has 3 heteroatoms. The van der Waals surface area contributed by atoms with E-state index in [0.717, 1.165) is 11.1 Å². The summed E-state index contributed by atoms with van der Waals surface area (Å²) < 4.78 is 0. The third-order valence-corrected chi connectivity index (χ3v) is 3.64. The molecule has 0 radical (unpaired) electrons. The molecule has 0 aromatic heterocycles. The van der Waals surface area contributed by atoms with Gasteiger partial charge in [-0.2, -0.15) is 0 Å². The fourth-order valence-electron chi connectivity index (χ4n) is 2.04. The molecule has 1 unspecified atom stereocenters. The van der Waals surface area contributed by atoms with Crippen molar-refractivity contribution >= 4 is 23.2 Å². The summed E-state index contributed by atoms with van der Waals surface area (Å²) in [5.74, 6) is 0.519. The highest BCUT2D eigenvalue weighted by Crippen LogP contribution is 2.27. The highest BCUT2D eigenvalue weighted by Gasteiger charge is 2.11. The summed E-state index contributed by atoms with van der Waals surface area (Å²) in [7, 11) is 0. The van der Waals surface area contributed by atoms with Gasteiger partial charge in [0, 0.05) is 10.0 Å². The van der Waals surface area contributed by atoms with Gasteiger partial charge in [0.2, 0.25) is 0 Å². The largest absolute Gasteiger partial charge is 0.320 e. The van der Waals surface area contributed by atoms with E-state index in [9.17, 15) is 0 Å². The lowest BCUT2D eigenvalue weighted by molar-refractivity contribution is 0.847. The molecule has 0 saturated heterocycles. The van der Waals surface area contributed by atoms with E-state index < -0.39 is 0 Å². The third kappa shape index (κ3) is 3.50.